The van der Waals surface area contributed by atoms with E-state index in [1.807, 2.05) is 25.1 Å². The highest BCUT2D eigenvalue weighted by molar-refractivity contribution is 5.81. The molecule has 2 atom stereocenters. The molecule has 2 heterocycles. The van der Waals surface area contributed by atoms with E-state index in [1.54, 1.807) is 6.26 Å². The van der Waals surface area contributed by atoms with Crippen molar-refractivity contribution in [3.8, 4) is 5.75 Å². The van der Waals surface area contributed by atoms with Gasteiger partial charge in [0.25, 0.3) is 5.91 Å². The minimum Gasteiger partial charge on any atom is -0.481 e. The molecule has 0 unspecified atom stereocenters. The summed E-state index contributed by atoms with van der Waals surface area (Å²) >= 11 is 0. The molecule has 0 spiro atoms. The summed E-state index contributed by atoms with van der Waals surface area (Å²) in [5.41, 5.74) is 6.43. The number of ether oxygens (including phenoxy) is 1. The molecule has 1 N–H and O–H groups in total. The fourth-order valence-corrected chi connectivity index (χ4v) is 5.15. The number of carbonyl (C=O) groups excluding carboxylic acids is 1. The maximum Gasteiger partial charge on any atom is 0.261 e. The zero-order valence-electron chi connectivity index (χ0n) is 21.5. The summed E-state index contributed by atoms with van der Waals surface area (Å²) in [4.78, 5) is 15.4. The van der Waals surface area contributed by atoms with Crippen molar-refractivity contribution in [2.24, 2.45) is 0 Å². The molecule has 190 valence electrons. The van der Waals surface area contributed by atoms with Crippen molar-refractivity contribution in [3.63, 3.8) is 0 Å². The Hall–Kier alpha value is -3.83. The molecule has 1 aliphatic heterocycles. The molecule has 0 saturated heterocycles. The maximum atomic E-state index is 12.8. The Morgan fingerprint density at radius 1 is 1.05 bits per heavy atom. The summed E-state index contributed by atoms with van der Waals surface area (Å²) in [6, 6.07) is 29.5. The second-order valence-corrected chi connectivity index (χ2v) is 9.70. The first-order valence-electron chi connectivity index (χ1n) is 13.0. The maximum absolute atomic E-state index is 12.8. The predicted octanol–water partition coefficient (Wildman–Crippen LogP) is 6.21. The zero-order valence-corrected chi connectivity index (χ0v) is 21.5. The molecule has 5 heteroatoms. The number of nitrogens with one attached hydrogen (secondary N) is 1. The summed E-state index contributed by atoms with van der Waals surface area (Å²) in [6.07, 6.45) is 2.58. The van der Waals surface area contributed by atoms with Crippen LogP contribution in [0.25, 0.3) is 0 Å². The molecule has 3 aromatic carbocycles. The van der Waals surface area contributed by atoms with Gasteiger partial charge >= 0.3 is 0 Å². The first kappa shape index (κ1) is 24.8. The molecule has 4 aromatic rings. The Morgan fingerprint density at radius 3 is 2.68 bits per heavy atom. The van der Waals surface area contributed by atoms with E-state index >= 15 is 0 Å². The lowest BCUT2D eigenvalue weighted by molar-refractivity contribution is -0.128. The number of benzene rings is 3. The number of hydrogen-bond acceptors (Lipinski definition) is 4. The zero-order chi connectivity index (χ0) is 25.6. The van der Waals surface area contributed by atoms with Crippen molar-refractivity contribution in [1.82, 2.24) is 10.2 Å². The highest BCUT2D eigenvalue weighted by atomic mass is 16.5. The monoisotopic (exact) mass is 494 g/mol. The van der Waals surface area contributed by atoms with Crippen LogP contribution in [0.5, 0.6) is 5.75 Å². The highest BCUT2D eigenvalue weighted by Gasteiger charge is 2.30. The molecule has 0 aliphatic carbocycles. The van der Waals surface area contributed by atoms with Gasteiger partial charge in [0.05, 0.1) is 18.8 Å². The largest absolute Gasteiger partial charge is 0.481 e. The number of furan rings is 1. The first-order chi connectivity index (χ1) is 18.1. The molecule has 1 amide bonds. The number of fused-ring (bicyclic) bond motifs is 1. The van der Waals surface area contributed by atoms with Gasteiger partial charge in [0.1, 0.15) is 11.5 Å². The van der Waals surface area contributed by atoms with Crippen LogP contribution in [-0.2, 0) is 24.3 Å². The Balaban J connectivity index is 1.39. The van der Waals surface area contributed by atoms with Gasteiger partial charge in [-0.3, -0.25) is 9.69 Å². The third kappa shape index (κ3) is 5.95. The smallest absolute Gasteiger partial charge is 0.261 e. The molecule has 1 aliphatic rings. The van der Waals surface area contributed by atoms with E-state index in [0.717, 1.165) is 31.0 Å². The summed E-state index contributed by atoms with van der Waals surface area (Å²) < 4.78 is 11.6. The van der Waals surface area contributed by atoms with Gasteiger partial charge in [0, 0.05) is 13.1 Å². The summed E-state index contributed by atoms with van der Waals surface area (Å²) in [6.45, 7) is 6.31. The molecule has 0 fully saturated rings. The molecule has 37 heavy (non-hydrogen) atoms. The lowest BCUT2D eigenvalue weighted by Crippen LogP contribution is -2.38. The SMILES string of the molecule is CC[C@H](Oc1ccc2c(c1)[C@H](c1ccccc1)N(Cc1cccc(C)c1)CC2)C(=O)NCc1ccco1. The van der Waals surface area contributed by atoms with Gasteiger partial charge in [-0.15, -0.1) is 0 Å². The molecule has 1 aromatic heterocycles. The van der Waals surface area contributed by atoms with Gasteiger partial charge in [-0.2, -0.15) is 0 Å². The van der Waals surface area contributed by atoms with Crippen molar-refractivity contribution >= 4 is 5.91 Å². The van der Waals surface area contributed by atoms with E-state index in [-0.39, 0.29) is 11.9 Å². The van der Waals surface area contributed by atoms with E-state index in [2.05, 4.69) is 83.9 Å². The van der Waals surface area contributed by atoms with Crippen molar-refractivity contribution in [2.75, 3.05) is 6.54 Å². The van der Waals surface area contributed by atoms with Crippen LogP contribution >= 0.6 is 0 Å². The van der Waals surface area contributed by atoms with Gasteiger partial charge in [-0.1, -0.05) is 73.2 Å². The third-order valence-corrected chi connectivity index (χ3v) is 6.99. The Labute approximate surface area is 219 Å². The van der Waals surface area contributed by atoms with Crippen LogP contribution in [0.4, 0.5) is 0 Å². The fourth-order valence-electron chi connectivity index (χ4n) is 5.15. The minimum atomic E-state index is -0.574. The van der Waals surface area contributed by atoms with Crippen LogP contribution in [0, 0.1) is 6.92 Å². The van der Waals surface area contributed by atoms with Crippen LogP contribution in [0.3, 0.4) is 0 Å². The standard InChI is InChI=1S/C32H34N2O3/c1-3-30(32(35)33-21-28-13-8-18-36-28)37-27-15-14-25-16-17-34(22-24-10-7-9-23(2)19-24)31(29(25)20-27)26-11-5-4-6-12-26/h4-15,18-20,30-31H,3,16-17,21-22H2,1-2H3,(H,33,35)/t30-,31-/m0/s1. The van der Waals surface area contributed by atoms with Crippen LogP contribution in [0.1, 0.15) is 53.0 Å². The van der Waals surface area contributed by atoms with Crippen LogP contribution < -0.4 is 10.1 Å². The normalized spacial score (nSPS) is 16.1. The van der Waals surface area contributed by atoms with Crippen molar-refractivity contribution in [1.29, 1.82) is 0 Å². The number of amides is 1. The van der Waals surface area contributed by atoms with Crippen LogP contribution in [0.15, 0.2) is 95.6 Å². The lowest BCUT2D eigenvalue weighted by atomic mass is 9.87. The van der Waals surface area contributed by atoms with E-state index in [9.17, 15) is 4.79 Å². The first-order valence-corrected chi connectivity index (χ1v) is 13.0. The number of carbonyl (C=O) groups is 1. The van der Waals surface area contributed by atoms with Crippen molar-refractivity contribution in [3.05, 3.63) is 125 Å². The lowest BCUT2D eigenvalue weighted by Gasteiger charge is -2.38. The second kappa shape index (κ2) is 11.5. The predicted molar refractivity (Wildman–Crippen MR) is 145 cm³/mol. The van der Waals surface area contributed by atoms with Gasteiger partial charge < -0.3 is 14.5 Å². The number of nitrogens with zero attached hydrogens (tertiary/aromatic N) is 1. The number of aryl methyl sites for hydroxylation is 1. The van der Waals surface area contributed by atoms with E-state index in [0.29, 0.717) is 13.0 Å². The molecular formula is C32H34N2O3. The molecule has 0 bridgehead atoms. The Kier molecular flexibility index (Phi) is 7.71. The summed E-state index contributed by atoms with van der Waals surface area (Å²) in [7, 11) is 0. The molecule has 5 nitrogen and oxygen atoms in total. The van der Waals surface area contributed by atoms with Gasteiger partial charge in [0.2, 0.25) is 0 Å². The summed E-state index contributed by atoms with van der Waals surface area (Å²) in [5.74, 6) is 1.30. The van der Waals surface area contributed by atoms with Gasteiger partial charge in [-0.25, -0.2) is 0 Å². The third-order valence-electron chi connectivity index (χ3n) is 6.99. The van der Waals surface area contributed by atoms with E-state index < -0.39 is 6.10 Å². The van der Waals surface area contributed by atoms with Crippen molar-refractivity contribution in [2.45, 2.75) is 51.9 Å². The summed E-state index contributed by atoms with van der Waals surface area (Å²) in [5, 5.41) is 2.93. The van der Waals surface area contributed by atoms with Crippen molar-refractivity contribution < 1.29 is 13.9 Å². The Morgan fingerprint density at radius 2 is 1.92 bits per heavy atom. The number of rotatable bonds is 9. The second-order valence-electron chi connectivity index (χ2n) is 9.70. The average molecular weight is 495 g/mol. The molecule has 0 radical (unpaired) electrons. The topological polar surface area (TPSA) is 54.7 Å². The number of hydrogen-bond donors (Lipinski definition) is 1. The van der Waals surface area contributed by atoms with Crippen LogP contribution in [0.2, 0.25) is 0 Å². The average Bonchev–Trinajstić information content (AvgIpc) is 3.44. The molecule has 0 saturated carbocycles. The van der Waals surface area contributed by atoms with Gasteiger partial charge in [0.15, 0.2) is 6.10 Å². The molecule has 5 rings (SSSR count). The van der Waals surface area contributed by atoms with E-state index in [4.69, 9.17) is 9.15 Å². The van der Waals surface area contributed by atoms with E-state index in [1.165, 1.54) is 27.8 Å². The highest BCUT2D eigenvalue weighted by Crippen LogP contribution is 2.38. The molecular weight excluding hydrogens is 460 g/mol. The van der Waals surface area contributed by atoms with Crippen LogP contribution in [-0.4, -0.2) is 23.5 Å². The fraction of sp³-hybridized carbons (Fsp3) is 0.281. The minimum absolute atomic E-state index is 0.113. The van der Waals surface area contributed by atoms with Gasteiger partial charge in [-0.05, 0) is 66.3 Å². The quantitative estimate of drug-likeness (QED) is 0.301. The Bertz CT molecular complexity index is 1320.